The number of carbonyl (C=O) groups is 1. The highest BCUT2D eigenvalue weighted by molar-refractivity contribution is 5.99. The molecule has 4 N–H and O–H groups in total. The normalized spacial score (nSPS) is 26.7. The van der Waals surface area contributed by atoms with Crippen LogP contribution in [0, 0.1) is 0 Å². The van der Waals surface area contributed by atoms with Crippen molar-refractivity contribution >= 4 is 11.7 Å². The Kier molecular flexibility index (Phi) is 3.93. The van der Waals surface area contributed by atoms with E-state index < -0.39 is 17.6 Å². The number of anilines is 1. The van der Waals surface area contributed by atoms with Crippen molar-refractivity contribution in [1.82, 2.24) is 16.0 Å². The summed E-state index contributed by atoms with van der Waals surface area (Å²) < 4.78 is 0. The van der Waals surface area contributed by atoms with Gasteiger partial charge in [-0.3, -0.25) is 4.79 Å². The zero-order chi connectivity index (χ0) is 18.4. The fourth-order valence-corrected chi connectivity index (χ4v) is 5.06. The van der Waals surface area contributed by atoms with Crippen molar-refractivity contribution in [2.45, 2.75) is 11.6 Å². The Morgan fingerprint density at radius 2 is 1.63 bits per heavy atom. The van der Waals surface area contributed by atoms with Crippen molar-refractivity contribution in [1.29, 1.82) is 0 Å². The van der Waals surface area contributed by atoms with Crippen molar-refractivity contribution < 1.29 is 9.90 Å². The van der Waals surface area contributed by atoms with Crippen LogP contribution in [0.5, 0.6) is 0 Å². The SMILES string of the molecule is O=C(O)C1NCCNCCNCCN2c3c4cccc3C12c1ccccc1-4. The van der Waals surface area contributed by atoms with E-state index in [0.717, 1.165) is 49.4 Å². The molecule has 140 valence electrons. The van der Waals surface area contributed by atoms with Gasteiger partial charge >= 0.3 is 5.97 Å². The van der Waals surface area contributed by atoms with E-state index in [4.69, 9.17) is 0 Å². The maximum atomic E-state index is 12.4. The van der Waals surface area contributed by atoms with Gasteiger partial charge in [0.2, 0.25) is 0 Å². The van der Waals surface area contributed by atoms with Gasteiger partial charge in [0.15, 0.2) is 0 Å². The second kappa shape index (κ2) is 6.34. The third kappa shape index (κ3) is 2.21. The number of nitrogens with zero attached hydrogens (tertiary/aromatic N) is 1. The Morgan fingerprint density at radius 1 is 0.926 bits per heavy atom. The number of aliphatic carboxylic acids is 1. The van der Waals surface area contributed by atoms with Crippen LogP contribution in [0.4, 0.5) is 5.69 Å². The third-order valence-corrected chi connectivity index (χ3v) is 6.08. The highest BCUT2D eigenvalue weighted by atomic mass is 16.4. The number of carboxylic acids is 1. The quantitative estimate of drug-likeness (QED) is 0.604. The first kappa shape index (κ1) is 16.7. The van der Waals surface area contributed by atoms with Crippen molar-refractivity contribution in [2.24, 2.45) is 0 Å². The molecule has 1 saturated heterocycles. The third-order valence-electron chi connectivity index (χ3n) is 6.08. The number of benzene rings is 2. The fourth-order valence-electron chi connectivity index (χ4n) is 5.06. The average Bonchev–Trinajstić information content (AvgIpc) is 2.67. The summed E-state index contributed by atoms with van der Waals surface area (Å²) in [6, 6.07) is 13.9. The van der Waals surface area contributed by atoms with E-state index in [1.54, 1.807) is 0 Å². The van der Waals surface area contributed by atoms with Crippen LogP contribution in [-0.2, 0) is 10.3 Å². The summed E-state index contributed by atoms with van der Waals surface area (Å²) in [5.74, 6) is -0.808. The van der Waals surface area contributed by atoms with Crippen LogP contribution in [0.25, 0.3) is 11.1 Å². The average molecular weight is 364 g/mol. The van der Waals surface area contributed by atoms with Crippen molar-refractivity contribution in [3.05, 3.63) is 53.6 Å². The molecule has 3 heterocycles. The Balaban J connectivity index is 1.71. The summed E-state index contributed by atoms with van der Waals surface area (Å²) in [5.41, 5.74) is 5.12. The van der Waals surface area contributed by atoms with E-state index in [2.05, 4.69) is 51.2 Å². The number of nitrogens with one attached hydrogen (secondary N) is 3. The summed E-state index contributed by atoms with van der Waals surface area (Å²) >= 11 is 0. The van der Waals surface area contributed by atoms with E-state index in [9.17, 15) is 9.90 Å². The lowest BCUT2D eigenvalue weighted by molar-refractivity contribution is -0.141. The molecule has 6 rings (SSSR count). The minimum Gasteiger partial charge on any atom is -0.480 e. The maximum Gasteiger partial charge on any atom is 0.323 e. The van der Waals surface area contributed by atoms with Crippen LogP contribution < -0.4 is 20.9 Å². The predicted octanol–water partition coefficient (Wildman–Crippen LogP) is 0.966. The van der Waals surface area contributed by atoms with Gasteiger partial charge < -0.3 is 26.0 Å². The molecule has 1 spiro atoms. The van der Waals surface area contributed by atoms with Gasteiger partial charge in [-0.15, -0.1) is 0 Å². The van der Waals surface area contributed by atoms with E-state index in [0.29, 0.717) is 6.54 Å². The molecular formula is C21H24N4O2. The van der Waals surface area contributed by atoms with E-state index in [1.807, 2.05) is 12.1 Å². The smallest absolute Gasteiger partial charge is 0.323 e. The fraction of sp³-hybridized carbons (Fsp3) is 0.381. The number of para-hydroxylation sites is 1. The lowest BCUT2D eigenvalue weighted by Crippen LogP contribution is -2.71. The molecule has 2 atom stereocenters. The Labute approximate surface area is 158 Å². The van der Waals surface area contributed by atoms with E-state index >= 15 is 0 Å². The van der Waals surface area contributed by atoms with Gasteiger partial charge in [-0.2, -0.15) is 0 Å². The van der Waals surface area contributed by atoms with Crippen LogP contribution in [0.15, 0.2) is 42.5 Å². The molecule has 2 aromatic rings. The molecule has 0 saturated carbocycles. The summed E-state index contributed by atoms with van der Waals surface area (Å²) in [5, 5.41) is 20.4. The first-order valence-electron chi connectivity index (χ1n) is 9.65. The minimum absolute atomic E-state index is 0.615. The van der Waals surface area contributed by atoms with Gasteiger partial charge in [-0.25, -0.2) is 0 Å². The van der Waals surface area contributed by atoms with Gasteiger partial charge in [-0.1, -0.05) is 42.5 Å². The molecule has 1 aliphatic carbocycles. The molecule has 2 unspecified atom stereocenters. The highest BCUT2D eigenvalue weighted by Gasteiger charge is 2.62. The Hall–Kier alpha value is -2.41. The maximum absolute atomic E-state index is 12.4. The van der Waals surface area contributed by atoms with Crippen molar-refractivity contribution in [3.63, 3.8) is 0 Å². The monoisotopic (exact) mass is 364 g/mol. The van der Waals surface area contributed by atoms with Crippen LogP contribution in [0.1, 0.15) is 11.1 Å². The van der Waals surface area contributed by atoms with Crippen LogP contribution in [-0.4, -0.2) is 56.4 Å². The van der Waals surface area contributed by atoms with Crippen molar-refractivity contribution in [2.75, 3.05) is 44.2 Å². The topological polar surface area (TPSA) is 76.6 Å². The molecule has 3 aliphatic heterocycles. The molecular weight excluding hydrogens is 340 g/mol. The summed E-state index contributed by atoms with van der Waals surface area (Å²) in [6.45, 7) is 4.76. The first-order valence-corrected chi connectivity index (χ1v) is 9.65. The number of carboxylic acid groups (broad SMARTS) is 1. The van der Waals surface area contributed by atoms with Crippen LogP contribution in [0.2, 0.25) is 0 Å². The van der Waals surface area contributed by atoms with Crippen LogP contribution in [0.3, 0.4) is 0 Å². The highest BCUT2D eigenvalue weighted by Crippen LogP contribution is 2.63. The number of hydrogen-bond donors (Lipinski definition) is 4. The Morgan fingerprint density at radius 3 is 2.48 bits per heavy atom. The van der Waals surface area contributed by atoms with Crippen molar-refractivity contribution in [3.8, 4) is 11.1 Å². The summed E-state index contributed by atoms with van der Waals surface area (Å²) in [4.78, 5) is 14.8. The second-order valence-corrected chi connectivity index (χ2v) is 7.39. The molecule has 1 fully saturated rings. The largest absolute Gasteiger partial charge is 0.480 e. The molecule has 2 aromatic carbocycles. The lowest BCUT2D eigenvalue weighted by Gasteiger charge is -2.62. The van der Waals surface area contributed by atoms with Gasteiger partial charge in [0.05, 0.1) is 5.69 Å². The molecule has 27 heavy (non-hydrogen) atoms. The molecule has 0 amide bonds. The predicted molar refractivity (Wildman–Crippen MR) is 105 cm³/mol. The van der Waals surface area contributed by atoms with Gasteiger partial charge in [0.25, 0.3) is 0 Å². The molecule has 4 aliphatic rings. The van der Waals surface area contributed by atoms with Gasteiger partial charge in [0.1, 0.15) is 11.6 Å². The second-order valence-electron chi connectivity index (χ2n) is 7.39. The van der Waals surface area contributed by atoms with E-state index in [-0.39, 0.29) is 0 Å². The molecule has 0 aromatic heterocycles. The van der Waals surface area contributed by atoms with Gasteiger partial charge in [-0.05, 0) is 11.1 Å². The van der Waals surface area contributed by atoms with Crippen LogP contribution >= 0.6 is 0 Å². The number of hydrogen-bond acceptors (Lipinski definition) is 5. The molecule has 0 radical (unpaired) electrons. The summed E-state index contributed by atoms with van der Waals surface area (Å²) in [7, 11) is 0. The molecule has 6 heteroatoms. The lowest BCUT2D eigenvalue weighted by atomic mass is 9.61. The minimum atomic E-state index is -0.808. The number of rotatable bonds is 1. The van der Waals surface area contributed by atoms with Gasteiger partial charge in [0, 0.05) is 50.4 Å². The molecule has 4 bridgehead atoms. The summed E-state index contributed by atoms with van der Waals surface area (Å²) in [6.07, 6.45) is 0. The zero-order valence-electron chi connectivity index (χ0n) is 15.2. The molecule has 6 nitrogen and oxygen atoms in total. The first-order chi connectivity index (χ1) is 13.3. The standard InChI is InChI=1S/C21H24N4O2/c26-20(27)19-21-16-6-2-1-4-14(16)15-5-3-7-17(21)18(15)25(21)13-12-23-9-8-22-10-11-24-19/h1-7,19,22-24H,8-13H2,(H,26,27). The zero-order valence-corrected chi connectivity index (χ0v) is 15.2. The van der Waals surface area contributed by atoms with E-state index in [1.165, 1.54) is 11.3 Å². The Bertz CT molecular complexity index is 900.